The summed E-state index contributed by atoms with van der Waals surface area (Å²) in [6.07, 6.45) is 1.37. The van der Waals surface area contributed by atoms with Gasteiger partial charge < -0.3 is 20.1 Å². The van der Waals surface area contributed by atoms with Crippen LogP contribution in [0, 0.1) is 5.82 Å². The zero-order valence-corrected chi connectivity index (χ0v) is 20.6. The molecule has 3 aromatic rings. The highest BCUT2D eigenvalue weighted by atomic mass is 35.5. The molecule has 0 radical (unpaired) electrons. The first kappa shape index (κ1) is 24.6. The number of fused-ring (bicyclic) bond motifs is 1. The maximum atomic E-state index is 13.6. The fraction of sp³-hybridized carbons (Fsp3) is 0.321. The first-order valence-electron chi connectivity index (χ1n) is 12.2. The van der Waals surface area contributed by atoms with Crippen LogP contribution in [0.25, 0.3) is 0 Å². The Morgan fingerprint density at radius 3 is 2.69 bits per heavy atom. The second-order valence-corrected chi connectivity index (χ2v) is 9.68. The predicted octanol–water partition coefficient (Wildman–Crippen LogP) is 4.30. The molecule has 2 aliphatic rings. The van der Waals surface area contributed by atoms with Crippen molar-refractivity contribution >= 4 is 17.5 Å². The molecule has 8 heteroatoms. The summed E-state index contributed by atoms with van der Waals surface area (Å²) in [5, 5.41) is 7.29. The van der Waals surface area contributed by atoms with Crippen LogP contribution in [0.5, 0.6) is 11.5 Å². The average Bonchev–Trinajstić information content (AvgIpc) is 3.49. The molecule has 0 saturated carbocycles. The van der Waals surface area contributed by atoms with Gasteiger partial charge in [-0.25, -0.2) is 4.39 Å². The highest BCUT2D eigenvalue weighted by Crippen LogP contribution is 2.32. The summed E-state index contributed by atoms with van der Waals surface area (Å²) < 4.78 is 24.4. The van der Waals surface area contributed by atoms with Crippen LogP contribution in [-0.2, 0) is 24.3 Å². The van der Waals surface area contributed by atoms with Crippen molar-refractivity contribution in [1.29, 1.82) is 0 Å². The predicted molar refractivity (Wildman–Crippen MR) is 137 cm³/mol. The van der Waals surface area contributed by atoms with Gasteiger partial charge in [-0.1, -0.05) is 41.9 Å². The zero-order chi connectivity index (χ0) is 24.9. The summed E-state index contributed by atoms with van der Waals surface area (Å²) in [6.45, 7) is 2.66. The first-order valence-corrected chi connectivity index (χ1v) is 12.5. The molecule has 0 unspecified atom stereocenters. The zero-order valence-electron chi connectivity index (χ0n) is 19.9. The van der Waals surface area contributed by atoms with Crippen LogP contribution in [0.1, 0.15) is 23.1 Å². The fourth-order valence-corrected chi connectivity index (χ4v) is 5.04. The van der Waals surface area contributed by atoms with Crippen molar-refractivity contribution < 1.29 is 18.7 Å². The third kappa shape index (κ3) is 6.16. The van der Waals surface area contributed by atoms with Crippen molar-refractivity contribution in [3.05, 3.63) is 94.3 Å². The number of amides is 1. The molecule has 36 heavy (non-hydrogen) atoms. The van der Waals surface area contributed by atoms with E-state index < -0.39 is 0 Å². The second-order valence-electron chi connectivity index (χ2n) is 9.25. The summed E-state index contributed by atoms with van der Waals surface area (Å²) in [5.74, 6) is 1.26. The van der Waals surface area contributed by atoms with Gasteiger partial charge in [-0.3, -0.25) is 9.69 Å². The maximum Gasteiger partial charge on any atom is 0.237 e. The Bertz CT molecular complexity index is 1220. The molecular weight excluding hydrogens is 481 g/mol. The SMILES string of the molecule is O=C(NCCc1ccc2c(c1)OCO2)[C@@H]1C[C@H](NCc2cccc(F)c2)CN1Cc1cccc(Cl)c1. The summed E-state index contributed by atoms with van der Waals surface area (Å²) >= 11 is 6.19. The third-order valence-corrected chi connectivity index (χ3v) is 6.85. The Kier molecular flexibility index (Phi) is 7.70. The molecule has 0 aromatic heterocycles. The molecule has 0 bridgehead atoms. The lowest BCUT2D eigenvalue weighted by Crippen LogP contribution is -2.43. The number of carbonyl (C=O) groups is 1. The number of nitrogens with zero attached hydrogens (tertiary/aromatic N) is 1. The van der Waals surface area contributed by atoms with Crippen molar-refractivity contribution in [2.75, 3.05) is 19.9 Å². The van der Waals surface area contributed by atoms with Gasteiger partial charge in [0.15, 0.2) is 11.5 Å². The molecule has 0 spiro atoms. The highest BCUT2D eigenvalue weighted by molar-refractivity contribution is 6.30. The van der Waals surface area contributed by atoms with E-state index in [0.29, 0.717) is 44.0 Å². The van der Waals surface area contributed by atoms with Crippen molar-refractivity contribution in [3.63, 3.8) is 0 Å². The Morgan fingerprint density at radius 2 is 1.83 bits per heavy atom. The van der Waals surface area contributed by atoms with E-state index in [1.54, 1.807) is 6.07 Å². The van der Waals surface area contributed by atoms with Crippen LogP contribution in [0.4, 0.5) is 4.39 Å². The van der Waals surface area contributed by atoms with E-state index in [0.717, 1.165) is 28.2 Å². The van der Waals surface area contributed by atoms with Gasteiger partial charge in [0.25, 0.3) is 0 Å². The standard InChI is InChI=1S/C28H29ClFN3O3/c29-22-5-1-4-21(11-22)16-33-17-24(32-15-20-3-2-6-23(30)12-20)14-25(33)28(34)31-10-9-19-7-8-26-27(13-19)36-18-35-26/h1-8,11-13,24-25,32H,9-10,14-18H2,(H,31,34)/t24-,25-/m0/s1. The van der Waals surface area contributed by atoms with Gasteiger partial charge in [-0.15, -0.1) is 0 Å². The number of ether oxygens (including phenoxy) is 2. The van der Waals surface area contributed by atoms with Crippen LogP contribution >= 0.6 is 11.6 Å². The molecule has 6 nitrogen and oxygen atoms in total. The fourth-order valence-electron chi connectivity index (χ4n) is 4.82. The molecule has 2 aliphatic heterocycles. The Hall–Kier alpha value is -3.13. The largest absolute Gasteiger partial charge is 0.454 e. The molecule has 1 saturated heterocycles. The Labute approximate surface area is 215 Å². The lowest BCUT2D eigenvalue weighted by molar-refractivity contribution is -0.125. The molecule has 2 heterocycles. The van der Waals surface area contributed by atoms with Crippen molar-refractivity contribution in [1.82, 2.24) is 15.5 Å². The van der Waals surface area contributed by atoms with Crippen molar-refractivity contribution in [2.24, 2.45) is 0 Å². The quantitative estimate of drug-likeness (QED) is 0.450. The number of rotatable bonds is 9. The molecule has 0 aliphatic carbocycles. The van der Waals surface area contributed by atoms with E-state index in [2.05, 4.69) is 15.5 Å². The van der Waals surface area contributed by atoms with E-state index in [9.17, 15) is 9.18 Å². The highest BCUT2D eigenvalue weighted by Gasteiger charge is 2.36. The lowest BCUT2D eigenvalue weighted by atomic mass is 10.1. The summed E-state index contributed by atoms with van der Waals surface area (Å²) in [5.41, 5.74) is 3.02. The normalized spacial score (nSPS) is 18.9. The molecule has 3 aromatic carbocycles. The molecule has 1 fully saturated rings. The van der Waals surface area contributed by atoms with E-state index in [1.165, 1.54) is 12.1 Å². The van der Waals surface area contributed by atoms with Crippen molar-refractivity contribution in [2.45, 2.75) is 38.0 Å². The van der Waals surface area contributed by atoms with E-state index in [4.69, 9.17) is 21.1 Å². The smallest absolute Gasteiger partial charge is 0.237 e. The summed E-state index contributed by atoms with van der Waals surface area (Å²) in [7, 11) is 0. The maximum absolute atomic E-state index is 13.6. The third-order valence-electron chi connectivity index (χ3n) is 6.61. The number of hydrogen-bond donors (Lipinski definition) is 2. The minimum atomic E-state index is -0.272. The van der Waals surface area contributed by atoms with Gasteiger partial charge in [0.2, 0.25) is 12.7 Å². The van der Waals surface area contributed by atoms with Gasteiger partial charge in [0.05, 0.1) is 6.04 Å². The van der Waals surface area contributed by atoms with Gasteiger partial charge in [0, 0.05) is 37.2 Å². The number of benzene rings is 3. The molecular formula is C28H29ClFN3O3. The van der Waals surface area contributed by atoms with Crippen LogP contribution < -0.4 is 20.1 Å². The minimum Gasteiger partial charge on any atom is -0.454 e. The monoisotopic (exact) mass is 509 g/mol. The molecule has 5 rings (SSSR count). The van der Waals surface area contributed by atoms with Crippen LogP contribution in [0.2, 0.25) is 5.02 Å². The topological polar surface area (TPSA) is 62.8 Å². The van der Waals surface area contributed by atoms with Gasteiger partial charge in [-0.05, 0) is 65.9 Å². The lowest BCUT2D eigenvalue weighted by Gasteiger charge is -2.23. The first-order chi connectivity index (χ1) is 17.5. The number of likely N-dealkylation sites (tertiary alicyclic amines) is 1. The summed E-state index contributed by atoms with van der Waals surface area (Å²) in [4.78, 5) is 15.4. The number of hydrogen-bond acceptors (Lipinski definition) is 5. The minimum absolute atomic E-state index is 0.00725. The van der Waals surface area contributed by atoms with Crippen molar-refractivity contribution in [3.8, 4) is 11.5 Å². The average molecular weight is 510 g/mol. The molecule has 2 N–H and O–H groups in total. The van der Waals surface area contributed by atoms with Gasteiger partial charge in [0.1, 0.15) is 5.82 Å². The van der Waals surface area contributed by atoms with Gasteiger partial charge >= 0.3 is 0 Å². The Morgan fingerprint density at radius 1 is 1.00 bits per heavy atom. The van der Waals surface area contributed by atoms with E-state index in [-0.39, 0.29) is 30.6 Å². The van der Waals surface area contributed by atoms with Crippen LogP contribution in [0.3, 0.4) is 0 Å². The van der Waals surface area contributed by atoms with Gasteiger partial charge in [-0.2, -0.15) is 0 Å². The Balaban J connectivity index is 1.20. The van der Waals surface area contributed by atoms with E-state index in [1.807, 2.05) is 48.5 Å². The molecule has 1 amide bonds. The number of nitrogens with one attached hydrogen (secondary N) is 2. The number of halogens is 2. The molecule has 2 atom stereocenters. The van der Waals surface area contributed by atoms with E-state index >= 15 is 0 Å². The number of carbonyl (C=O) groups excluding carboxylic acids is 1. The van der Waals surface area contributed by atoms with Crippen LogP contribution in [-0.4, -0.2) is 42.8 Å². The summed E-state index contributed by atoms with van der Waals surface area (Å²) in [6, 6.07) is 20.0. The molecule has 188 valence electrons. The van der Waals surface area contributed by atoms with Crippen LogP contribution in [0.15, 0.2) is 66.7 Å². The second kappa shape index (κ2) is 11.3.